The van der Waals surface area contributed by atoms with Crippen LogP contribution in [0.2, 0.25) is 10.0 Å². The van der Waals surface area contributed by atoms with Gasteiger partial charge in [-0.15, -0.1) is 0 Å². The molecule has 1 aromatic heterocycles. The van der Waals surface area contributed by atoms with Crippen molar-refractivity contribution in [3.8, 4) is 11.1 Å². The molecule has 0 radical (unpaired) electrons. The van der Waals surface area contributed by atoms with Crippen LogP contribution in [0.15, 0.2) is 109 Å². The van der Waals surface area contributed by atoms with E-state index in [-0.39, 0.29) is 5.78 Å². The van der Waals surface area contributed by atoms with Crippen molar-refractivity contribution in [2.45, 2.75) is 6.54 Å². The number of nitrogens with zero attached hydrogens (tertiary/aromatic N) is 1. The van der Waals surface area contributed by atoms with Gasteiger partial charge in [-0.3, -0.25) is 9.59 Å². The summed E-state index contributed by atoms with van der Waals surface area (Å²) in [4.78, 5) is 25.2. The fourth-order valence-electron chi connectivity index (χ4n) is 5.11. The number of halogens is 2. The molecule has 6 aromatic rings. The number of primary amides is 1. The van der Waals surface area contributed by atoms with E-state index >= 15 is 0 Å². The standard InChI is InChI=1S/C33H22Cl2N2O2/c34-24-14-16-25(28(35)18-24)23-13-15-26-30(17-23)37(29-8-4-7-27(31(26)29)33(36)39)19-20-9-11-22(12-10-20)32(38)21-5-2-1-3-6-21/h1-18H,19H2,(H2,36,39). The summed E-state index contributed by atoms with van der Waals surface area (Å²) in [6, 6.07) is 34.0. The van der Waals surface area contributed by atoms with Crippen LogP contribution in [-0.4, -0.2) is 16.3 Å². The molecule has 0 aliphatic carbocycles. The maximum Gasteiger partial charge on any atom is 0.249 e. The Balaban J connectivity index is 1.48. The number of aromatic nitrogens is 1. The summed E-state index contributed by atoms with van der Waals surface area (Å²) in [5, 5.41) is 2.86. The summed E-state index contributed by atoms with van der Waals surface area (Å²) in [6.07, 6.45) is 0. The SMILES string of the molecule is NC(=O)c1cccc2c1c1ccc(-c3ccc(Cl)cc3Cl)cc1n2Cc1ccc(C(=O)c2ccccc2)cc1. The monoisotopic (exact) mass is 548 g/mol. The van der Waals surface area contributed by atoms with E-state index in [0.717, 1.165) is 38.5 Å². The highest BCUT2D eigenvalue weighted by molar-refractivity contribution is 6.36. The number of rotatable bonds is 6. The Morgan fingerprint density at radius 3 is 2.18 bits per heavy atom. The average molecular weight is 549 g/mol. The Kier molecular flexibility index (Phi) is 6.43. The van der Waals surface area contributed by atoms with Crippen molar-refractivity contribution in [1.82, 2.24) is 4.57 Å². The van der Waals surface area contributed by atoms with Crippen molar-refractivity contribution in [1.29, 1.82) is 0 Å². The van der Waals surface area contributed by atoms with Gasteiger partial charge in [0.25, 0.3) is 0 Å². The van der Waals surface area contributed by atoms with E-state index in [1.165, 1.54) is 0 Å². The van der Waals surface area contributed by atoms with Gasteiger partial charge in [-0.2, -0.15) is 0 Å². The van der Waals surface area contributed by atoms with Gasteiger partial charge in [0, 0.05) is 49.6 Å². The van der Waals surface area contributed by atoms with E-state index in [1.807, 2.05) is 91.0 Å². The van der Waals surface area contributed by atoms with Crippen molar-refractivity contribution in [3.05, 3.63) is 141 Å². The van der Waals surface area contributed by atoms with Crippen molar-refractivity contribution >= 4 is 56.7 Å². The Bertz CT molecular complexity index is 1890. The van der Waals surface area contributed by atoms with E-state index in [2.05, 4.69) is 10.6 Å². The first-order valence-corrected chi connectivity index (χ1v) is 13.1. The van der Waals surface area contributed by atoms with Crippen molar-refractivity contribution in [2.24, 2.45) is 5.73 Å². The lowest BCUT2D eigenvalue weighted by molar-refractivity contribution is 0.1000. The summed E-state index contributed by atoms with van der Waals surface area (Å²) in [5.41, 5.74) is 12.2. The Hall–Kier alpha value is -4.38. The molecule has 2 N–H and O–H groups in total. The van der Waals surface area contributed by atoms with Crippen LogP contribution in [-0.2, 0) is 6.54 Å². The first-order valence-electron chi connectivity index (χ1n) is 12.4. The van der Waals surface area contributed by atoms with Gasteiger partial charge in [0.1, 0.15) is 0 Å². The second-order valence-corrected chi connectivity index (χ2v) is 10.2. The molecule has 0 fully saturated rings. The fourth-order valence-corrected chi connectivity index (χ4v) is 5.63. The number of hydrogen-bond donors (Lipinski definition) is 1. The summed E-state index contributed by atoms with van der Waals surface area (Å²) in [6.45, 7) is 0.528. The maximum atomic E-state index is 12.9. The van der Waals surface area contributed by atoms with Crippen molar-refractivity contribution in [3.63, 3.8) is 0 Å². The minimum absolute atomic E-state index is 0.0189. The molecule has 6 heteroatoms. The second-order valence-electron chi connectivity index (χ2n) is 9.40. The van der Waals surface area contributed by atoms with Crippen LogP contribution in [0.5, 0.6) is 0 Å². The third-order valence-electron chi connectivity index (χ3n) is 6.99. The van der Waals surface area contributed by atoms with E-state index < -0.39 is 5.91 Å². The van der Waals surface area contributed by atoms with Gasteiger partial charge in [-0.05, 0) is 41.5 Å². The lowest BCUT2D eigenvalue weighted by Gasteiger charge is -2.11. The van der Waals surface area contributed by atoms with E-state index in [0.29, 0.717) is 33.3 Å². The molecule has 0 saturated heterocycles. The first kappa shape index (κ1) is 24.9. The van der Waals surface area contributed by atoms with Crippen molar-refractivity contribution < 1.29 is 9.59 Å². The normalized spacial score (nSPS) is 11.2. The molecule has 6 rings (SSSR count). The Labute approximate surface area is 235 Å². The number of carbonyl (C=O) groups excluding carboxylic acids is 2. The highest BCUT2D eigenvalue weighted by Crippen LogP contribution is 2.37. The lowest BCUT2D eigenvalue weighted by Crippen LogP contribution is -2.11. The Morgan fingerprint density at radius 1 is 0.718 bits per heavy atom. The van der Waals surface area contributed by atoms with Gasteiger partial charge in [-0.1, -0.05) is 102 Å². The molecule has 0 aliphatic heterocycles. The number of amides is 1. The summed E-state index contributed by atoms with van der Waals surface area (Å²) >= 11 is 12.7. The Morgan fingerprint density at radius 2 is 1.46 bits per heavy atom. The highest BCUT2D eigenvalue weighted by atomic mass is 35.5. The number of hydrogen-bond acceptors (Lipinski definition) is 2. The van der Waals surface area contributed by atoms with Crippen LogP contribution in [0.25, 0.3) is 32.9 Å². The minimum atomic E-state index is -0.478. The molecular formula is C33H22Cl2N2O2. The molecule has 4 nitrogen and oxygen atoms in total. The molecule has 0 saturated carbocycles. The summed E-state index contributed by atoms with van der Waals surface area (Å²) in [5.74, 6) is -0.497. The van der Waals surface area contributed by atoms with Crippen LogP contribution in [0.1, 0.15) is 31.8 Å². The van der Waals surface area contributed by atoms with Gasteiger partial charge in [0.2, 0.25) is 5.91 Å². The molecule has 0 spiro atoms. The topological polar surface area (TPSA) is 65.1 Å². The van der Waals surface area contributed by atoms with Crippen LogP contribution >= 0.6 is 23.2 Å². The zero-order chi connectivity index (χ0) is 27.1. The zero-order valence-electron chi connectivity index (χ0n) is 20.7. The third kappa shape index (κ3) is 4.59. The van der Waals surface area contributed by atoms with E-state index in [9.17, 15) is 9.59 Å². The number of ketones is 1. The zero-order valence-corrected chi connectivity index (χ0v) is 22.2. The molecule has 39 heavy (non-hydrogen) atoms. The van der Waals surface area contributed by atoms with E-state index in [1.54, 1.807) is 12.1 Å². The molecule has 1 heterocycles. The molecular weight excluding hydrogens is 527 g/mol. The van der Waals surface area contributed by atoms with Crippen molar-refractivity contribution in [2.75, 3.05) is 0 Å². The van der Waals surface area contributed by atoms with Gasteiger partial charge < -0.3 is 10.3 Å². The molecule has 190 valence electrons. The number of benzene rings is 5. The quantitative estimate of drug-likeness (QED) is 0.213. The van der Waals surface area contributed by atoms with E-state index in [4.69, 9.17) is 28.9 Å². The van der Waals surface area contributed by atoms with Gasteiger partial charge >= 0.3 is 0 Å². The fraction of sp³-hybridized carbons (Fsp3) is 0.0303. The maximum absolute atomic E-state index is 12.9. The van der Waals surface area contributed by atoms with Gasteiger partial charge in [-0.25, -0.2) is 0 Å². The number of nitrogens with two attached hydrogens (primary N) is 1. The number of carbonyl (C=O) groups is 2. The minimum Gasteiger partial charge on any atom is -0.366 e. The number of fused-ring (bicyclic) bond motifs is 3. The summed E-state index contributed by atoms with van der Waals surface area (Å²) < 4.78 is 2.17. The predicted octanol–water partition coefficient (Wildman–Crippen LogP) is 8.15. The van der Waals surface area contributed by atoms with Crippen LogP contribution < -0.4 is 5.73 Å². The lowest BCUT2D eigenvalue weighted by atomic mass is 10.0. The molecule has 0 unspecified atom stereocenters. The summed E-state index contributed by atoms with van der Waals surface area (Å²) in [7, 11) is 0. The van der Waals surface area contributed by atoms with Crippen LogP contribution in [0.4, 0.5) is 0 Å². The van der Waals surface area contributed by atoms with Gasteiger partial charge in [0.15, 0.2) is 5.78 Å². The average Bonchev–Trinajstić information content (AvgIpc) is 3.26. The molecule has 0 atom stereocenters. The van der Waals surface area contributed by atoms with Crippen LogP contribution in [0.3, 0.4) is 0 Å². The molecule has 1 amide bonds. The molecule has 0 bridgehead atoms. The molecule has 5 aromatic carbocycles. The largest absolute Gasteiger partial charge is 0.366 e. The second kappa shape index (κ2) is 10.1. The first-order chi connectivity index (χ1) is 18.9. The molecule has 0 aliphatic rings. The smallest absolute Gasteiger partial charge is 0.249 e. The van der Waals surface area contributed by atoms with Crippen LogP contribution in [0, 0.1) is 0 Å². The predicted molar refractivity (Wildman–Crippen MR) is 159 cm³/mol. The van der Waals surface area contributed by atoms with Gasteiger partial charge in [0.05, 0.1) is 11.0 Å². The highest BCUT2D eigenvalue weighted by Gasteiger charge is 2.18. The third-order valence-corrected chi connectivity index (χ3v) is 7.54.